The van der Waals surface area contributed by atoms with E-state index in [0.717, 1.165) is 13.1 Å². The van der Waals surface area contributed by atoms with Crippen LogP contribution in [0, 0.1) is 0 Å². The molecule has 1 aromatic rings. The Bertz CT molecular complexity index is 329. The van der Waals surface area contributed by atoms with Gasteiger partial charge in [0.2, 0.25) is 0 Å². The number of benzene rings is 1. The van der Waals surface area contributed by atoms with Gasteiger partial charge in [-0.05, 0) is 23.8 Å². The number of hydrogen-bond acceptors (Lipinski definition) is 1. The van der Waals surface area contributed by atoms with Gasteiger partial charge in [0.05, 0.1) is 0 Å². The maximum Gasteiger partial charge on any atom is 0.0389 e. The summed E-state index contributed by atoms with van der Waals surface area (Å²) in [5.74, 6) is 0. The normalized spacial score (nSPS) is 10.7. The molecule has 0 aromatic heterocycles. The second-order valence-electron chi connectivity index (χ2n) is 6.01. The third kappa shape index (κ3) is 12.3. The molecule has 0 radical (unpaired) electrons. The first kappa shape index (κ1) is 21.8. The molecule has 0 aliphatic rings. The highest BCUT2D eigenvalue weighted by molar-refractivity contribution is 6.13. The first-order chi connectivity index (χ1) is 10.3. The molecule has 1 rings (SSSR count). The minimum Gasteiger partial charge on any atom is -0.216 e. The highest BCUT2D eigenvalue weighted by Crippen LogP contribution is 2.12. The quantitative estimate of drug-likeness (QED) is 0.275. The highest BCUT2D eigenvalue weighted by atomic mass is 35.5. The molecule has 22 heavy (non-hydrogen) atoms. The van der Waals surface area contributed by atoms with Crippen molar-refractivity contribution >= 4 is 24.2 Å². The maximum atomic E-state index is 6.26. The summed E-state index contributed by atoms with van der Waals surface area (Å²) < 4.78 is 1.92. The third-order valence-corrected chi connectivity index (χ3v) is 4.24. The first-order valence-electron chi connectivity index (χ1n) is 8.77. The van der Waals surface area contributed by atoms with Gasteiger partial charge in [0.25, 0.3) is 0 Å². The smallest absolute Gasteiger partial charge is 0.0389 e. The van der Waals surface area contributed by atoms with Gasteiger partial charge < -0.3 is 0 Å². The van der Waals surface area contributed by atoms with Gasteiger partial charge in [-0.1, -0.05) is 95.0 Å². The van der Waals surface area contributed by atoms with Crippen molar-refractivity contribution in [1.82, 2.24) is 4.42 Å². The van der Waals surface area contributed by atoms with Crippen molar-refractivity contribution in [2.24, 2.45) is 0 Å². The van der Waals surface area contributed by atoms with E-state index in [1.54, 1.807) is 0 Å². The lowest BCUT2D eigenvalue weighted by molar-refractivity contribution is 0.425. The predicted molar refractivity (Wildman–Crippen MR) is 102 cm³/mol. The van der Waals surface area contributed by atoms with E-state index in [4.69, 9.17) is 11.8 Å². The number of unbranched alkanes of at least 4 members (excludes halogenated alkanes) is 9. The van der Waals surface area contributed by atoms with E-state index in [9.17, 15) is 0 Å². The first-order valence-corrected chi connectivity index (χ1v) is 9.11. The van der Waals surface area contributed by atoms with Crippen LogP contribution in [-0.4, -0.2) is 11.0 Å². The van der Waals surface area contributed by atoms with Gasteiger partial charge >= 0.3 is 0 Å². The molecule has 0 saturated carbocycles. The van der Waals surface area contributed by atoms with Crippen molar-refractivity contribution in [3.05, 3.63) is 35.9 Å². The molecule has 0 amide bonds. The van der Waals surface area contributed by atoms with Crippen LogP contribution in [0.2, 0.25) is 0 Å². The summed E-state index contributed by atoms with van der Waals surface area (Å²) in [6.07, 6.45) is 13.7. The van der Waals surface area contributed by atoms with Crippen LogP contribution in [0.15, 0.2) is 30.3 Å². The van der Waals surface area contributed by atoms with E-state index in [0.29, 0.717) is 0 Å². The average Bonchev–Trinajstić information content (AvgIpc) is 2.50. The third-order valence-electron chi connectivity index (χ3n) is 3.95. The van der Waals surface area contributed by atoms with Crippen LogP contribution in [-0.2, 0) is 6.54 Å². The summed E-state index contributed by atoms with van der Waals surface area (Å²) in [7, 11) is 0. The second kappa shape index (κ2) is 15.6. The highest BCUT2D eigenvalue weighted by Gasteiger charge is 2.01. The van der Waals surface area contributed by atoms with E-state index in [2.05, 4.69) is 31.2 Å². The Kier molecular flexibility index (Phi) is 15.5. The van der Waals surface area contributed by atoms with E-state index >= 15 is 0 Å². The molecule has 0 N–H and O–H groups in total. The molecule has 0 bridgehead atoms. The van der Waals surface area contributed by atoms with Crippen molar-refractivity contribution in [3.63, 3.8) is 0 Å². The zero-order chi connectivity index (χ0) is 15.2. The van der Waals surface area contributed by atoms with Gasteiger partial charge in [0.1, 0.15) is 0 Å². The van der Waals surface area contributed by atoms with Crippen molar-refractivity contribution < 1.29 is 0 Å². The van der Waals surface area contributed by atoms with Gasteiger partial charge in [-0.15, -0.1) is 12.4 Å². The molecular formula is C19H33Cl2N. The molecule has 0 atom stereocenters. The number of halogens is 2. The molecule has 0 saturated heterocycles. The minimum absolute atomic E-state index is 0. The summed E-state index contributed by atoms with van der Waals surface area (Å²) in [6.45, 7) is 4.12. The molecule has 128 valence electrons. The molecule has 1 aromatic carbocycles. The summed E-state index contributed by atoms with van der Waals surface area (Å²) >= 11 is 6.26. The van der Waals surface area contributed by atoms with Gasteiger partial charge in [-0.2, -0.15) is 0 Å². The summed E-state index contributed by atoms with van der Waals surface area (Å²) in [5.41, 5.74) is 1.29. The molecular weight excluding hydrogens is 313 g/mol. The summed E-state index contributed by atoms with van der Waals surface area (Å²) in [5, 5.41) is 0. The van der Waals surface area contributed by atoms with Crippen molar-refractivity contribution in [3.8, 4) is 0 Å². The van der Waals surface area contributed by atoms with Crippen LogP contribution in [0.5, 0.6) is 0 Å². The largest absolute Gasteiger partial charge is 0.216 e. The second-order valence-corrected chi connectivity index (χ2v) is 6.49. The van der Waals surface area contributed by atoms with E-state index < -0.39 is 0 Å². The number of nitrogens with zero attached hydrogens (tertiary/aromatic N) is 1. The summed E-state index contributed by atoms with van der Waals surface area (Å²) in [4.78, 5) is 0. The molecule has 0 unspecified atom stereocenters. The molecule has 0 spiro atoms. The number of hydrogen-bond donors (Lipinski definition) is 0. The Balaban J connectivity index is 0.00000441. The Morgan fingerprint density at radius 2 is 1.27 bits per heavy atom. The van der Waals surface area contributed by atoms with Crippen LogP contribution in [0.1, 0.15) is 76.7 Å². The monoisotopic (exact) mass is 345 g/mol. The fraction of sp³-hybridized carbons (Fsp3) is 0.684. The lowest BCUT2D eigenvalue weighted by atomic mass is 10.1. The van der Waals surface area contributed by atoms with Crippen molar-refractivity contribution in [2.75, 3.05) is 6.54 Å². The van der Waals surface area contributed by atoms with E-state index in [1.807, 2.05) is 10.5 Å². The molecule has 0 fully saturated rings. The van der Waals surface area contributed by atoms with Gasteiger partial charge in [-0.3, -0.25) is 0 Å². The van der Waals surface area contributed by atoms with Crippen LogP contribution in [0.3, 0.4) is 0 Å². The zero-order valence-corrected chi connectivity index (χ0v) is 15.7. The van der Waals surface area contributed by atoms with Crippen molar-refractivity contribution in [1.29, 1.82) is 0 Å². The molecule has 0 aliphatic heterocycles. The maximum absolute atomic E-state index is 6.26. The standard InChI is InChI=1S/C19H32ClN.ClH/c1-2-3-4-5-6-7-8-9-10-14-17-21(20)18-19-15-12-11-13-16-19;/h11-13,15-16H,2-10,14,17-18H2,1H3;1H. The Morgan fingerprint density at radius 1 is 0.773 bits per heavy atom. The van der Waals surface area contributed by atoms with Crippen LogP contribution in [0.25, 0.3) is 0 Å². The van der Waals surface area contributed by atoms with Crippen LogP contribution < -0.4 is 0 Å². The zero-order valence-electron chi connectivity index (χ0n) is 14.1. The molecule has 0 aliphatic carbocycles. The molecule has 3 heteroatoms. The van der Waals surface area contributed by atoms with E-state index in [-0.39, 0.29) is 12.4 Å². The van der Waals surface area contributed by atoms with Crippen LogP contribution >= 0.6 is 24.2 Å². The van der Waals surface area contributed by atoms with Gasteiger partial charge in [0, 0.05) is 13.1 Å². The minimum atomic E-state index is 0. The Hall–Kier alpha value is -0.240. The van der Waals surface area contributed by atoms with E-state index in [1.165, 1.54) is 69.8 Å². The Labute approximate surface area is 149 Å². The van der Waals surface area contributed by atoms with Gasteiger partial charge in [0.15, 0.2) is 0 Å². The predicted octanol–water partition coefficient (Wildman–Crippen LogP) is 6.99. The topological polar surface area (TPSA) is 3.24 Å². The molecule has 1 nitrogen and oxygen atoms in total. The van der Waals surface area contributed by atoms with Crippen LogP contribution in [0.4, 0.5) is 0 Å². The molecule has 0 heterocycles. The SMILES string of the molecule is CCCCCCCCCCCCN(Cl)Cc1ccccc1.Cl. The average molecular weight is 346 g/mol. The summed E-state index contributed by atoms with van der Waals surface area (Å²) in [6, 6.07) is 10.5. The van der Waals surface area contributed by atoms with Gasteiger partial charge in [-0.25, -0.2) is 4.42 Å². The lowest BCUT2D eigenvalue weighted by Crippen LogP contribution is -2.13. The lowest BCUT2D eigenvalue weighted by Gasteiger charge is -2.13. The fourth-order valence-electron chi connectivity index (χ4n) is 2.63. The van der Waals surface area contributed by atoms with Crippen molar-refractivity contribution in [2.45, 2.75) is 77.7 Å². The number of rotatable bonds is 13. The fourth-order valence-corrected chi connectivity index (χ4v) is 2.89. The Morgan fingerprint density at radius 3 is 1.82 bits per heavy atom.